The maximum Gasteiger partial charge on any atom is 0.253 e. The number of nitrogens with two attached hydrogens (primary N) is 1. The van der Waals surface area contributed by atoms with Crippen molar-refractivity contribution < 1.29 is 9.63 Å². The molecule has 1 saturated carbocycles. The molecule has 1 aromatic rings. The van der Waals surface area contributed by atoms with Crippen LogP contribution < -0.4 is 10.8 Å². The fraction of sp³-hybridized carbons (Fsp3) is 0.533. The van der Waals surface area contributed by atoms with Crippen LogP contribution in [0.3, 0.4) is 0 Å². The average Bonchev–Trinajstić information content (AvgIpc) is 3.08. The Morgan fingerprint density at radius 1 is 1.26 bits per heavy atom. The molecular formula is C15H20N2O2. The molecule has 3 rings (SSSR count). The van der Waals surface area contributed by atoms with Gasteiger partial charge in [0.1, 0.15) is 0 Å². The van der Waals surface area contributed by atoms with Crippen molar-refractivity contribution in [1.82, 2.24) is 0 Å². The molecule has 0 aromatic heterocycles. The summed E-state index contributed by atoms with van der Waals surface area (Å²) in [5, 5.41) is 1.46. The van der Waals surface area contributed by atoms with Crippen LogP contribution in [0.1, 0.15) is 37.7 Å². The van der Waals surface area contributed by atoms with Crippen molar-refractivity contribution >= 4 is 11.6 Å². The van der Waals surface area contributed by atoms with E-state index in [2.05, 4.69) is 6.07 Å². The number of hydroxylamine groups is 1. The van der Waals surface area contributed by atoms with Gasteiger partial charge in [-0.3, -0.25) is 9.63 Å². The van der Waals surface area contributed by atoms with Crippen molar-refractivity contribution in [3.05, 3.63) is 29.8 Å². The Kier molecular flexibility index (Phi) is 3.29. The zero-order valence-electron chi connectivity index (χ0n) is 11.1. The Bertz CT molecular complexity index is 481. The minimum Gasteiger partial charge on any atom is -0.330 e. The number of hydrogen-bond acceptors (Lipinski definition) is 3. The number of amides is 1. The van der Waals surface area contributed by atoms with Gasteiger partial charge in [-0.2, -0.15) is 5.06 Å². The monoisotopic (exact) mass is 260 g/mol. The maximum atomic E-state index is 11.9. The molecule has 1 aromatic carbocycles. The SMILES string of the molecule is NCC1(c2ccccc2N2OCCC2=O)CCCC1. The molecule has 19 heavy (non-hydrogen) atoms. The van der Waals surface area contributed by atoms with E-state index < -0.39 is 0 Å². The Balaban J connectivity index is 2.04. The van der Waals surface area contributed by atoms with Crippen LogP contribution in [-0.4, -0.2) is 19.1 Å². The molecular weight excluding hydrogens is 240 g/mol. The number of anilines is 1. The van der Waals surface area contributed by atoms with Crippen LogP contribution in [0.15, 0.2) is 24.3 Å². The second-order valence-corrected chi connectivity index (χ2v) is 5.48. The Morgan fingerprint density at radius 3 is 2.63 bits per heavy atom. The molecule has 1 aliphatic carbocycles. The largest absolute Gasteiger partial charge is 0.330 e. The highest BCUT2D eigenvalue weighted by molar-refractivity contribution is 5.93. The third-order valence-electron chi connectivity index (χ3n) is 4.41. The van der Waals surface area contributed by atoms with Crippen molar-refractivity contribution in [2.24, 2.45) is 5.73 Å². The second kappa shape index (κ2) is 4.94. The smallest absolute Gasteiger partial charge is 0.253 e. The van der Waals surface area contributed by atoms with Gasteiger partial charge < -0.3 is 5.73 Å². The number of nitrogens with zero attached hydrogens (tertiary/aromatic N) is 1. The summed E-state index contributed by atoms with van der Waals surface area (Å²) in [6.07, 6.45) is 5.08. The molecule has 2 aliphatic rings. The molecule has 102 valence electrons. The van der Waals surface area contributed by atoms with E-state index in [-0.39, 0.29) is 11.3 Å². The van der Waals surface area contributed by atoms with Crippen molar-refractivity contribution in [3.8, 4) is 0 Å². The molecule has 4 nitrogen and oxygen atoms in total. The minimum absolute atomic E-state index is 0.0167. The minimum atomic E-state index is 0.0167. The first kappa shape index (κ1) is 12.6. The van der Waals surface area contributed by atoms with Crippen LogP contribution in [-0.2, 0) is 15.0 Å². The van der Waals surface area contributed by atoms with Gasteiger partial charge in [0.05, 0.1) is 18.7 Å². The number of para-hydroxylation sites is 1. The summed E-state index contributed by atoms with van der Waals surface area (Å²) in [6.45, 7) is 1.11. The van der Waals surface area contributed by atoms with Crippen molar-refractivity contribution in [1.29, 1.82) is 0 Å². The van der Waals surface area contributed by atoms with Crippen molar-refractivity contribution in [2.75, 3.05) is 18.2 Å². The molecule has 2 N–H and O–H groups in total. The van der Waals surface area contributed by atoms with E-state index >= 15 is 0 Å². The van der Waals surface area contributed by atoms with E-state index in [1.807, 2.05) is 18.2 Å². The second-order valence-electron chi connectivity index (χ2n) is 5.48. The van der Waals surface area contributed by atoms with Crippen LogP contribution in [0, 0.1) is 0 Å². The van der Waals surface area contributed by atoms with E-state index in [9.17, 15) is 4.79 Å². The Labute approximate surface area is 113 Å². The first-order valence-corrected chi connectivity index (χ1v) is 7.02. The van der Waals surface area contributed by atoms with Gasteiger partial charge >= 0.3 is 0 Å². The van der Waals surface area contributed by atoms with E-state index in [0.29, 0.717) is 19.6 Å². The summed E-state index contributed by atoms with van der Waals surface area (Å²) in [4.78, 5) is 17.4. The molecule has 1 amide bonds. The highest BCUT2D eigenvalue weighted by atomic mass is 16.7. The molecule has 0 bridgehead atoms. The van der Waals surface area contributed by atoms with Gasteiger partial charge in [0.2, 0.25) is 0 Å². The first-order chi connectivity index (χ1) is 9.27. The van der Waals surface area contributed by atoms with E-state index in [0.717, 1.165) is 18.5 Å². The Hall–Kier alpha value is -1.39. The molecule has 0 radical (unpaired) electrons. The molecule has 1 saturated heterocycles. The molecule has 4 heteroatoms. The lowest BCUT2D eigenvalue weighted by atomic mass is 9.78. The van der Waals surface area contributed by atoms with Crippen LogP contribution in [0.5, 0.6) is 0 Å². The summed E-state index contributed by atoms with van der Waals surface area (Å²) in [6, 6.07) is 8.04. The molecule has 0 spiro atoms. The first-order valence-electron chi connectivity index (χ1n) is 7.02. The van der Waals surface area contributed by atoms with E-state index in [1.165, 1.54) is 23.5 Å². The zero-order valence-corrected chi connectivity index (χ0v) is 11.1. The summed E-state index contributed by atoms with van der Waals surface area (Å²) in [7, 11) is 0. The molecule has 1 aliphatic heterocycles. The third-order valence-corrected chi connectivity index (χ3v) is 4.41. The molecule has 0 atom stereocenters. The fourth-order valence-electron chi connectivity index (χ4n) is 3.34. The third kappa shape index (κ3) is 2.05. The highest BCUT2D eigenvalue weighted by Gasteiger charge is 2.38. The standard InChI is InChI=1S/C15H20N2O2/c16-11-15(8-3-4-9-15)12-5-1-2-6-13(12)17-14(18)7-10-19-17/h1-2,5-6H,3-4,7-11,16H2. The summed E-state index contributed by atoms with van der Waals surface area (Å²) in [5.41, 5.74) is 8.13. The van der Waals surface area contributed by atoms with Gasteiger partial charge in [-0.05, 0) is 24.5 Å². The maximum absolute atomic E-state index is 11.9. The number of carbonyl (C=O) groups excluding carboxylic acids is 1. The van der Waals surface area contributed by atoms with E-state index in [1.54, 1.807) is 0 Å². The Morgan fingerprint density at radius 2 is 2.00 bits per heavy atom. The number of hydrogen-bond donors (Lipinski definition) is 1. The van der Waals surface area contributed by atoms with Crippen LogP contribution >= 0.6 is 0 Å². The topological polar surface area (TPSA) is 55.6 Å². The number of benzene rings is 1. The molecule has 2 fully saturated rings. The lowest BCUT2D eigenvalue weighted by Crippen LogP contribution is -2.35. The molecule has 1 heterocycles. The summed E-state index contributed by atoms with van der Waals surface area (Å²) < 4.78 is 0. The predicted octanol–water partition coefficient (Wildman–Crippen LogP) is 2.13. The fourth-order valence-corrected chi connectivity index (χ4v) is 3.34. The quantitative estimate of drug-likeness (QED) is 0.905. The van der Waals surface area contributed by atoms with E-state index in [4.69, 9.17) is 10.6 Å². The van der Waals surface area contributed by atoms with Gasteiger partial charge in [0, 0.05) is 12.0 Å². The predicted molar refractivity (Wildman–Crippen MR) is 73.7 cm³/mol. The van der Waals surface area contributed by atoms with Gasteiger partial charge in [0.25, 0.3) is 5.91 Å². The number of carbonyl (C=O) groups is 1. The lowest BCUT2D eigenvalue weighted by Gasteiger charge is -2.31. The molecule has 0 unspecified atom stereocenters. The highest BCUT2D eigenvalue weighted by Crippen LogP contribution is 2.44. The van der Waals surface area contributed by atoms with Gasteiger partial charge in [0.15, 0.2) is 0 Å². The van der Waals surface area contributed by atoms with Gasteiger partial charge in [-0.1, -0.05) is 31.0 Å². The normalized spacial score (nSPS) is 22.2. The van der Waals surface area contributed by atoms with Crippen molar-refractivity contribution in [2.45, 2.75) is 37.5 Å². The van der Waals surface area contributed by atoms with Crippen molar-refractivity contribution in [3.63, 3.8) is 0 Å². The van der Waals surface area contributed by atoms with Crippen LogP contribution in [0.4, 0.5) is 5.69 Å². The zero-order chi connectivity index (χ0) is 13.3. The van der Waals surface area contributed by atoms with Crippen LogP contribution in [0.2, 0.25) is 0 Å². The lowest BCUT2D eigenvalue weighted by molar-refractivity contribution is -0.119. The summed E-state index contributed by atoms with van der Waals surface area (Å²) >= 11 is 0. The van der Waals surface area contributed by atoms with Gasteiger partial charge in [-0.15, -0.1) is 0 Å². The number of rotatable bonds is 3. The average molecular weight is 260 g/mol. The summed E-state index contributed by atoms with van der Waals surface area (Å²) in [5.74, 6) is 0.0395. The van der Waals surface area contributed by atoms with Gasteiger partial charge in [-0.25, -0.2) is 0 Å². The van der Waals surface area contributed by atoms with Crippen LogP contribution in [0.25, 0.3) is 0 Å².